The Hall–Kier alpha value is -2.76. The van der Waals surface area contributed by atoms with Gasteiger partial charge in [0.1, 0.15) is 0 Å². The van der Waals surface area contributed by atoms with Gasteiger partial charge in [-0.05, 0) is 18.1 Å². The summed E-state index contributed by atoms with van der Waals surface area (Å²) in [6.45, 7) is 2.06. The first-order valence-corrected chi connectivity index (χ1v) is 7.85. The van der Waals surface area contributed by atoms with Gasteiger partial charge in [-0.2, -0.15) is 5.10 Å². The number of carbonyl (C=O) groups is 1. The van der Waals surface area contributed by atoms with Crippen molar-refractivity contribution in [1.82, 2.24) is 20.1 Å². The van der Waals surface area contributed by atoms with Crippen LogP contribution in [0.4, 0.5) is 0 Å². The molecule has 1 amide bonds. The molecule has 0 bridgehead atoms. The molecule has 0 fully saturated rings. The molecule has 3 aromatic rings. The van der Waals surface area contributed by atoms with E-state index >= 15 is 0 Å². The van der Waals surface area contributed by atoms with Crippen LogP contribution in [0, 0.1) is 0 Å². The fourth-order valence-electron chi connectivity index (χ4n) is 2.92. The van der Waals surface area contributed by atoms with Crippen molar-refractivity contribution in [2.24, 2.45) is 0 Å². The van der Waals surface area contributed by atoms with Crippen molar-refractivity contribution in [3.05, 3.63) is 47.8 Å². The van der Waals surface area contributed by atoms with E-state index in [9.17, 15) is 4.79 Å². The van der Waals surface area contributed by atoms with E-state index in [0.717, 1.165) is 24.9 Å². The fraction of sp³-hybridized carbons (Fsp3) is 0.294. The number of hydrogen-bond donors (Lipinski definition) is 2. The summed E-state index contributed by atoms with van der Waals surface area (Å²) < 4.78 is 7.23. The van der Waals surface area contributed by atoms with Gasteiger partial charge in [0.25, 0.3) is 5.91 Å². The van der Waals surface area contributed by atoms with Gasteiger partial charge in [-0.15, -0.1) is 0 Å². The zero-order valence-electron chi connectivity index (χ0n) is 12.7. The summed E-state index contributed by atoms with van der Waals surface area (Å²) in [7, 11) is 0. The first kappa shape index (κ1) is 13.9. The summed E-state index contributed by atoms with van der Waals surface area (Å²) in [5.74, 6) is 0.522. The summed E-state index contributed by atoms with van der Waals surface area (Å²) in [5, 5.41) is 8.42. The van der Waals surface area contributed by atoms with Crippen LogP contribution in [-0.4, -0.2) is 33.8 Å². The number of aryl methyl sites for hydroxylation is 1. The average molecular weight is 310 g/mol. The highest BCUT2D eigenvalue weighted by atomic mass is 16.5. The second-order valence-corrected chi connectivity index (χ2v) is 5.66. The number of aromatic nitrogens is 3. The number of benzene rings is 1. The van der Waals surface area contributed by atoms with Gasteiger partial charge in [-0.25, -0.2) is 4.68 Å². The van der Waals surface area contributed by atoms with Gasteiger partial charge in [0.05, 0.1) is 6.61 Å². The third kappa shape index (κ3) is 2.67. The molecular formula is C17H18N4O2. The number of hydrogen-bond acceptors (Lipinski definition) is 3. The van der Waals surface area contributed by atoms with Gasteiger partial charge >= 0.3 is 0 Å². The van der Waals surface area contributed by atoms with E-state index in [4.69, 9.17) is 4.74 Å². The highest BCUT2D eigenvalue weighted by Crippen LogP contribution is 2.19. The van der Waals surface area contributed by atoms with Crippen molar-refractivity contribution in [3.8, 4) is 5.88 Å². The SMILES string of the molecule is O=C(NCCc1c[nH]c2ccccc12)c1cc2n(n1)CCCO2. The smallest absolute Gasteiger partial charge is 0.271 e. The van der Waals surface area contributed by atoms with Crippen LogP contribution in [0.2, 0.25) is 0 Å². The Morgan fingerprint density at radius 1 is 1.39 bits per heavy atom. The minimum Gasteiger partial charge on any atom is -0.478 e. The molecule has 0 spiro atoms. The molecule has 6 heteroatoms. The lowest BCUT2D eigenvalue weighted by atomic mass is 10.1. The third-order valence-electron chi connectivity index (χ3n) is 4.09. The van der Waals surface area contributed by atoms with Gasteiger partial charge in [-0.1, -0.05) is 18.2 Å². The average Bonchev–Trinajstić information content (AvgIpc) is 3.19. The zero-order valence-corrected chi connectivity index (χ0v) is 12.7. The second kappa shape index (κ2) is 5.79. The molecule has 1 aromatic carbocycles. The third-order valence-corrected chi connectivity index (χ3v) is 4.09. The molecule has 1 aliphatic heterocycles. The number of H-pyrrole nitrogens is 1. The topological polar surface area (TPSA) is 71.9 Å². The molecule has 3 heterocycles. The molecule has 0 radical (unpaired) electrons. The minimum absolute atomic E-state index is 0.157. The van der Waals surface area contributed by atoms with Crippen LogP contribution in [0.15, 0.2) is 36.5 Å². The van der Waals surface area contributed by atoms with Crippen molar-refractivity contribution in [2.75, 3.05) is 13.2 Å². The van der Waals surface area contributed by atoms with Gasteiger partial charge in [-0.3, -0.25) is 4.79 Å². The van der Waals surface area contributed by atoms with Crippen LogP contribution in [0.5, 0.6) is 5.88 Å². The van der Waals surface area contributed by atoms with Crippen LogP contribution >= 0.6 is 0 Å². The van der Waals surface area contributed by atoms with Crippen molar-refractivity contribution in [3.63, 3.8) is 0 Å². The highest BCUT2D eigenvalue weighted by Gasteiger charge is 2.17. The van der Waals surface area contributed by atoms with Gasteiger partial charge in [0.15, 0.2) is 5.69 Å². The molecule has 2 aromatic heterocycles. The predicted molar refractivity (Wildman–Crippen MR) is 86.7 cm³/mol. The lowest BCUT2D eigenvalue weighted by molar-refractivity contribution is 0.0948. The number of amides is 1. The lowest BCUT2D eigenvalue weighted by Crippen LogP contribution is -2.26. The van der Waals surface area contributed by atoms with E-state index in [2.05, 4.69) is 21.5 Å². The standard InChI is InChI=1S/C17H18N4O2/c22-17(15-10-16-21(20-15)8-3-9-23-16)18-7-6-12-11-19-14-5-2-1-4-13(12)14/h1-2,4-5,10-11,19H,3,6-9H2,(H,18,22). The zero-order chi connectivity index (χ0) is 15.6. The largest absolute Gasteiger partial charge is 0.478 e. The van der Waals surface area contributed by atoms with E-state index in [-0.39, 0.29) is 5.91 Å². The molecule has 0 unspecified atom stereocenters. The number of aromatic amines is 1. The van der Waals surface area contributed by atoms with E-state index in [1.54, 1.807) is 10.7 Å². The maximum absolute atomic E-state index is 12.2. The second-order valence-electron chi connectivity index (χ2n) is 5.66. The monoisotopic (exact) mass is 310 g/mol. The molecule has 0 atom stereocenters. The van der Waals surface area contributed by atoms with Crippen molar-refractivity contribution in [1.29, 1.82) is 0 Å². The number of para-hydroxylation sites is 1. The Kier molecular flexibility index (Phi) is 3.49. The first-order valence-electron chi connectivity index (χ1n) is 7.85. The Morgan fingerprint density at radius 3 is 3.22 bits per heavy atom. The number of nitrogens with zero attached hydrogens (tertiary/aromatic N) is 2. The number of ether oxygens (including phenoxy) is 1. The highest BCUT2D eigenvalue weighted by molar-refractivity contribution is 5.92. The Labute approximate surface area is 133 Å². The van der Waals surface area contributed by atoms with E-state index < -0.39 is 0 Å². The number of rotatable bonds is 4. The molecule has 0 aliphatic carbocycles. The van der Waals surface area contributed by atoms with Crippen LogP contribution in [0.3, 0.4) is 0 Å². The van der Waals surface area contributed by atoms with Gasteiger partial charge in [0.2, 0.25) is 5.88 Å². The van der Waals surface area contributed by atoms with Crippen LogP contribution in [0.1, 0.15) is 22.5 Å². The predicted octanol–water partition coefficient (Wildman–Crippen LogP) is 2.12. The van der Waals surface area contributed by atoms with Crippen molar-refractivity contribution < 1.29 is 9.53 Å². The molecular weight excluding hydrogens is 292 g/mol. The van der Waals surface area contributed by atoms with Crippen molar-refractivity contribution in [2.45, 2.75) is 19.4 Å². The fourth-order valence-corrected chi connectivity index (χ4v) is 2.92. The summed E-state index contributed by atoms with van der Waals surface area (Å²) in [4.78, 5) is 15.5. The number of fused-ring (bicyclic) bond motifs is 2. The number of carbonyl (C=O) groups excluding carboxylic acids is 1. The minimum atomic E-state index is -0.157. The van der Waals surface area contributed by atoms with Gasteiger partial charge in [0, 0.05) is 42.7 Å². The molecule has 6 nitrogen and oxygen atoms in total. The molecule has 0 saturated heterocycles. The van der Waals surface area contributed by atoms with E-state index in [1.807, 2.05) is 24.4 Å². The van der Waals surface area contributed by atoms with Crippen LogP contribution < -0.4 is 10.1 Å². The Morgan fingerprint density at radius 2 is 2.30 bits per heavy atom. The number of nitrogens with one attached hydrogen (secondary N) is 2. The maximum Gasteiger partial charge on any atom is 0.271 e. The molecule has 0 saturated carbocycles. The molecule has 1 aliphatic rings. The first-order chi connectivity index (χ1) is 11.3. The maximum atomic E-state index is 12.2. The lowest BCUT2D eigenvalue weighted by Gasteiger charge is -2.13. The Balaban J connectivity index is 1.39. The van der Waals surface area contributed by atoms with E-state index in [0.29, 0.717) is 24.7 Å². The normalized spacial score (nSPS) is 13.6. The Bertz CT molecular complexity index is 826. The summed E-state index contributed by atoms with van der Waals surface area (Å²) >= 11 is 0. The molecule has 118 valence electrons. The summed E-state index contributed by atoms with van der Waals surface area (Å²) in [6, 6.07) is 9.87. The quantitative estimate of drug-likeness (QED) is 0.775. The molecule has 2 N–H and O–H groups in total. The van der Waals surface area contributed by atoms with Crippen LogP contribution in [0.25, 0.3) is 10.9 Å². The van der Waals surface area contributed by atoms with Gasteiger partial charge < -0.3 is 15.0 Å². The molecule has 23 heavy (non-hydrogen) atoms. The van der Waals surface area contributed by atoms with Crippen molar-refractivity contribution >= 4 is 16.8 Å². The van der Waals surface area contributed by atoms with Crippen LogP contribution in [-0.2, 0) is 13.0 Å². The summed E-state index contributed by atoms with van der Waals surface area (Å²) in [5.41, 5.74) is 2.74. The molecule has 4 rings (SSSR count). The summed E-state index contributed by atoms with van der Waals surface area (Å²) in [6.07, 6.45) is 3.70. The van der Waals surface area contributed by atoms with E-state index in [1.165, 1.54) is 10.9 Å².